The zero-order valence-corrected chi connectivity index (χ0v) is 12.8. The van der Waals surface area contributed by atoms with Gasteiger partial charge in [-0.15, -0.1) is 0 Å². The number of nitrogens with one attached hydrogen (secondary N) is 2. The molecule has 0 spiro atoms. The van der Waals surface area contributed by atoms with E-state index in [1.807, 2.05) is 4.90 Å². The van der Waals surface area contributed by atoms with Crippen molar-refractivity contribution in [2.24, 2.45) is 11.8 Å². The smallest absolute Gasteiger partial charge is 0.237 e. The zero-order valence-electron chi connectivity index (χ0n) is 12.8. The van der Waals surface area contributed by atoms with Crippen LogP contribution in [-0.4, -0.2) is 48.9 Å². The summed E-state index contributed by atoms with van der Waals surface area (Å²) in [5.74, 6) is 1.54. The Morgan fingerprint density at radius 3 is 2.67 bits per heavy atom. The van der Waals surface area contributed by atoms with Crippen LogP contribution in [0.15, 0.2) is 0 Å². The molecular formula is C16H27N3O2. The highest BCUT2D eigenvalue weighted by molar-refractivity contribution is 5.82. The molecule has 0 aromatic carbocycles. The number of likely N-dealkylation sites (tertiary alicyclic amines) is 1. The average molecular weight is 293 g/mol. The monoisotopic (exact) mass is 293 g/mol. The SMILES string of the molecule is O=C(NCC1CCCN(C(=O)CC2CC2)C1)C1CCCN1. The van der Waals surface area contributed by atoms with Crippen molar-refractivity contribution >= 4 is 11.8 Å². The van der Waals surface area contributed by atoms with Crippen LogP contribution in [-0.2, 0) is 9.59 Å². The van der Waals surface area contributed by atoms with Crippen LogP contribution in [0.4, 0.5) is 0 Å². The minimum Gasteiger partial charge on any atom is -0.354 e. The second-order valence-corrected chi connectivity index (χ2v) is 6.89. The van der Waals surface area contributed by atoms with Gasteiger partial charge in [-0.05, 0) is 56.9 Å². The molecule has 3 aliphatic rings. The molecule has 21 heavy (non-hydrogen) atoms. The minimum absolute atomic E-state index is 0.00110. The first-order chi connectivity index (χ1) is 10.2. The third kappa shape index (κ3) is 4.19. The molecule has 2 N–H and O–H groups in total. The molecule has 2 heterocycles. The lowest BCUT2D eigenvalue weighted by Gasteiger charge is -2.33. The molecule has 3 fully saturated rings. The zero-order chi connectivity index (χ0) is 14.7. The molecular weight excluding hydrogens is 266 g/mol. The van der Waals surface area contributed by atoms with Crippen molar-refractivity contribution in [1.29, 1.82) is 0 Å². The lowest BCUT2D eigenvalue weighted by atomic mass is 9.97. The van der Waals surface area contributed by atoms with Crippen LogP contribution in [0, 0.1) is 11.8 Å². The first kappa shape index (κ1) is 14.8. The molecule has 5 heteroatoms. The summed E-state index contributed by atoms with van der Waals surface area (Å²) in [5.41, 5.74) is 0. The molecule has 0 aromatic heterocycles. The van der Waals surface area contributed by atoms with Crippen LogP contribution in [0.5, 0.6) is 0 Å². The summed E-state index contributed by atoms with van der Waals surface area (Å²) in [6, 6.07) is 0.00110. The van der Waals surface area contributed by atoms with Crippen LogP contribution in [0.1, 0.15) is 44.9 Å². The summed E-state index contributed by atoms with van der Waals surface area (Å²) in [7, 11) is 0. The fraction of sp³-hybridized carbons (Fsp3) is 0.875. The molecule has 0 radical (unpaired) electrons. The van der Waals surface area contributed by atoms with Crippen molar-refractivity contribution in [1.82, 2.24) is 15.5 Å². The molecule has 0 aromatic rings. The number of hydrogen-bond acceptors (Lipinski definition) is 3. The van der Waals surface area contributed by atoms with Crippen molar-refractivity contribution < 1.29 is 9.59 Å². The number of amides is 2. The molecule has 1 saturated carbocycles. The van der Waals surface area contributed by atoms with E-state index in [1.165, 1.54) is 12.8 Å². The van der Waals surface area contributed by atoms with Gasteiger partial charge in [-0.3, -0.25) is 9.59 Å². The molecule has 0 bridgehead atoms. The van der Waals surface area contributed by atoms with E-state index < -0.39 is 0 Å². The Hall–Kier alpha value is -1.10. The highest BCUT2D eigenvalue weighted by Gasteiger charge is 2.30. The van der Waals surface area contributed by atoms with Gasteiger partial charge in [-0.1, -0.05) is 0 Å². The molecule has 2 amide bonds. The topological polar surface area (TPSA) is 61.4 Å². The van der Waals surface area contributed by atoms with E-state index >= 15 is 0 Å². The third-order valence-electron chi connectivity index (χ3n) is 4.97. The van der Waals surface area contributed by atoms with Crippen molar-refractivity contribution in [3.05, 3.63) is 0 Å². The summed E-state index contributed by atoms with van der Waals surface area (Å²) < 4.78 is 0. The van der Waals surface area contributed by atoms with Crippen LogP contribution in [0.2, 0.25) is 0 Å². The Balaban J connectivity index is 1.40. The molecule has 1 aliphatic carbocycles. The first-order valence-corrected chi connectivity index (χ1v) is 8.51. The summed E-state index contributed by atoms with van der Waals surface area (Å²) in [6.45, 7) is 3.39. The summed E-state index contributed by atoms with van der Waals surface area (Å²) >= 11 is 0. The van der Waals surface area contributed by atoms with Gasteiger partial charge in [0.15, 0.2) is 0 Å². The molecule has 5 nitrogen and oxygen atoms in total. The van der Waals surface area contributed by atoms with Gasteiger partial charge < -0.3 is 15.5 Å². The lowest BCUT2D eigenvalue weighted by molar-refractivity contribution is -0.133. The number of hydrogen-bond donors (Lipinski definition) is 2. The van der Waals surface area contributed by atoms with Crippen LogP contribution in [0.25, 0.3) is 0 Å². The van der Waals surface area contributed by atoms with Crippen molar-refractivity contribution in [3.8, 4) is 0 Å². The Labute approximate surface area is 126 Å². The van der Waals surface area contributed by atoms with E-state index in [2.05, 4.69) is 10.6 Å². The fourth-order valence-electron chi connectivity index (χ4n) is 3.43. The summed E-state index contributed by atoms with van der Waals surface area (Å²) in [5, 5.41) is 6.29. The van der Waals surface area contributed by atoms with E-state index in [4.69, 9.17) is 0 Å². The molecule has 118 valence electrons. The van der Waals surface area contributed by atoms with Crippen molar-refractivity contribution in [2.45, 2.75) is 51.0 Å². The van der Waals surface area contributed by atoms with Crippen molar-refractivity contribution in [3.63, 3.8) is 0 Å². The molecule has 3 rings (SSSR count). The number of nitrogens with zero attached hydrogens (tertiary/aromatic N) is 1. The molecule has 2 atom stereocenters. The fourth-order valence-corrected chi connectivity index (χ4v) is 3.43. The molecule has 2 aliphatic heterocycles. The number of piperidine rings is 1. The highest BCUT2D eigenvalue weighted by Crippen LogP contribution is 2.33. The minimum atomic E-state index is 0.00110. The second-order valence-electron chi connectivity index (χ2n) is 6.89. The Kier molecular flexibility index (Phi) is 4.78. The second kappa shape index (κ2) is 6.77. The van der Waals surface area contributed by atoms with Gasteiger partial charge in [0.05, 0.1) is 6.04 Å². The van der Waals surface area contributed by atoms with E-state index in [0.717, 1.165) is 51.7 Å². The van der Waals surface area contributed by atoms with E-state index in [-0.39, 0.29) is 11.9 Å². The quantitative estimate of drug-likeness (QED) is 0.791. The van der Waals surface area contributed by atoms with E-state index in [0.29, 0.717) is 24.3 Å². The number of carbonyl (C=O) groups is 2. The maximum absolute atomic E-state index is 12.2. The Bertz CT molecular complexity index is 389. The van der Waals surface area contributed by atoms with Crippen LogP contribution in [0.3, 0.4) is 0 Å². The predicted octanol–water partition coefficient (Wildman–Crippen LogP) is 0.893. The van der Waals surface area contributed by atoms with Gasteiger partial charge in [-0.25, -0.2) is 0 Å². The van der Waals surface area contributed by atoms with Crippen molar-refractivity contribution in [2.75, 3.05) is 26.2 Å². The highest BCUT2D eigenvalue weighted by atomic mass is 16.2. The maximum Gasteiger partial charge on any atom is 0.237 e. The van der Waals surface area contributed by atoms with Gasteiger partial charge in [-0.2, -0.15) is 0 Å². The maximum atomic E-state index is 12.2. The lowest BCUT2D eigenvalue weighted by Crippen LogP contribution is -2.46. The predicted molar refractivity (Wildman–Crippen MR) is 80.7 cm³/mol. The summed E-state index contributed by atoms with van der Waals surface area (Å²) in [4.78, 5) is 26.2. The largest absolute Gasteiger partial charge is 0.354 e. The van der Waals surface area contributed by atoms with Gasteiger partial charge in [0.2, 0.25) is 11.8 Å². The standard InChI is InChI=1S/C16H27N3O2/c20-15(9-12-5-6-12)19-8-2-3-13(11-19)10-18-16(21)14-4-1-7-17-14/h12-14,17H,1-11H2,(H,18,21). The van der Waals surface area contributed by atoms with Gasteiger partial charge in [0.25, 0.3) is 0 Å². The van der Waals surface area contributed by atoms with Crippen LogP contribution >= 0.6 is 0 Å². The van der Waals surface area contributed by atoms with Gasteiger partial charge in [0.1, 0.15) is 0 Å². The summed E-state index contributed by atoms with van der Waals surface area (Å²) in [6.07, 6.45) is 7.42. The Morgan fingerprint density at radius 1 is 1.10 bits per heavy atom. The van der Waals surface area contributed by atoms with Crippen LogP contribution < -0.4 is 10.6 Å². The van der Waals surface area contributed by atoms with E-state index in [1.54, 1.807) is 0 Å². The normalized spacial score (nSPS) is 29.4. The first-order valence-electron chi connectivity index (χ1n) is 8.51. The molecule has 2 unspecified atom stereocenters. The van der Waals surface area contributed by atoms with Gasteiger partial charge in [0, 0.05) is 26.1 Å². The number of carbonyl (C=O) groups excluding carboxylic acids is 2. The Morgan fingerprint density at radius 2 is 1.95 bits per heavy atom. The average Bonchev–Trinajstić information content (AvgIpc) is 3.14. The van der Waals surface area contributed by atoms with E-state index in [9.17, 15) is 9.59 Å². The molecule has 2 saturated heterocycles. The van der Waals surface area contributed by atoms with Gasteiger partial charge >= 0.3 is 0 Å². The third-order valence-corrected chi connectivity index (χ3v) is 4.97. The number of rotatable bonds is 5.